The standard InChI is InChI=1S/C15H11Cl2NS/c16-14-6-5-13(15(17)7-14)10-19-9-12-4-2-1-3-11(12)8-18/h1-7H,9-10H2. The van der Waals surface area contributed by atoms with Crippen LogP contribution in [0.15, 0.2) is 42.5 Å². The monoisotopic (exact) mass is 307 g/mol. The molecule has 1 nitrogen and oxygen atoms in total. The summed E-state index contributed by atoms with van der Waals surface area (Å²) < 4.78 is 0. The van der Waals surface area contributed by atoms with Crippen LogP contribution in [0, 0.1) is 11.3 Å². The summed E-state index contributed by atoms with van der Waals surface area (Å²) in [6.45, 7) is 0. The maximum atomic E-state index is 9.01. The topological polar surface area (TPSA) is 23.8 Å². The number of hydrogen-bond acceptors (Lipinski definition) is 2. The summed E-state index contributed by atoms with van der Waals surface area (Å²) in [5.41, 5.74) is 2.85. The van der Waals surface area contributed by atoms with Gasteiger partial charge < -0.3 is 0 Å². The summed E-state index contributed by atoms with van der Waals surface area (Å²) in [6, 6.07) is 15.4. The lowest BCUT2D eigenvalue weighted by Gasteiger charge is -2.06. The average Bonchev–Trinajstić information content (AvgIpc) is 2.42. The van der Waals surface area contributed by atoms with Gasteiger partial charge in [0.25, 0.3) is 0 Å². The van der Waals surface area contributed by atoms with E-state index < -0.39 is 0 Å². The molecule has 0 atom stereocenters. The van der Waals surface area contributed by atoms with Crippen molar-refractivity contribution in [3.8, 4) is 6.07 Å². The lowest BCUT2D eigenvalue weighted by molar-refractivity contribution is 1.33. The maximum Gasteiger partial charge on any atom is 0.0994 e. The first-order valence-electron chi connectivity index (χ1n) is 5.70. The quantitative estimate of drug-likeness (QED) is 0.765. The summed E-state index contributed by atoms with van der Waals surface area (Å²) >= 11 is 13.7. The fourth-order valence-corrected chi connectivity index (χ4v) is 3.26. The highest BCUT2D eigenvalue weighted by atomic mass is 35.5. The first-order chi connectivity index (χ1) is 9.20. The Bertz CT molecular complexity index is 620. The number of halogens is 2. The Morgan fingerprint density at radius 2 is 1.74 bits per heavy atom. The number of benzene rings is 2. The summed E-state index contributed by atoms with van der Waals surface area (Å²) in [7, 11) is 0. The van der Waals surface area contributed by atoms with Crippen molar-refractivity contribution in [3.63, 3.8) is 0 Å². The van der Waals surface area contributed by atoms with Crippen LogP contribution in [0.4, 0.5) is 0 Å². The van der Waals surface area contributed by atoms with Crippen molar-refractivity contribution < 1.29 is 0 Å². The molecule has 4 heteroatoms. The third-order valence-electron chi connectivity index (χ3n) is 2.67. The average molecular weight is 308 g/mol. The normalized spacial score (nSPS) is 10.2. The molecule has 0 amide bonds. The van der Waals surface area contributed by atoms with E-state index >= 15 is 0 Å². The van der Waals surface area contributed by atoms with Crippen LogP contribution in [-0.4, -0.2) is 0 Å². The molecule has 2 rings (SSSR count). The minimum atomic E-state index is 0.647. The number of nitrogens with zero attached hydrogens (tertiary/aromatic N) is 1. The SMILES string of the molecule is N#Cc1ccccc1CSCc1ccc(Cl)cc1Cl. The summed E-state index contributed by atoms with van der Waals surface area (Å²) in [4.78, 5) is 0. The van der Waals surface area contributed by atoms with E-state index in [-0.39, 0.29) is 0 Å². The van der Waals surface area contributed by atoms with Crippen molar-refractivity contribution in [2.75, 3.05) is 0 Å². The Kier molecular flexibility index (Phi) is 5.15. The summed E-state index contributed by atoms with van der Waals surface area (Å²) in [5.74, 6) is 1.60. The molecule has 96 valence electrons. The van der Waals surface area contributed by atoms with E-state index in [0.717, 1.165) is 28.2 Å². The Hall–Kier alpha value is -1.14. The molecule has 2 aromatic carbocycles. The second-order valence-corrected chi connectivity index (χ2v) is 5.83. The van der Waals surface area contributed by atoms with Crippen molar-refractivity contribution >= 4 is 35.0 Å². The Balaban J connectivity index is 1.99. The van der Waals surface area contributed by atoms with E-state index in [9.17, 15) is 0 Å². The molecule has 0 aromatic heterocycles. The molecule has 0 aliphatic carbocycles. The van der Waals surface area contributed by atoms with Gasteiger partial charge in [-0.05, 0) is 29.3 Å². The van der Waals surface area contributed by atoms with Crippen LogP contribution >= 0.6 is 35.0 Å². The molecular formula is C15H11Cl2NS. The van der Waals surface area contributed by atoms with Gasteiger partial charge in [-0.25, -0.2) is 0 Å². The van der Waals surface area contributed by atoms with Gasteiger partial charge in [0.05, 0.1) is 11.6 Å². The lowest BCUT2D eigenvalue weighted by Crippen LogP contribution is -1.88. The molecule has 0 aliphatic rings. The minimum absolute atomic E-state index is 0.647. The lowest BCUT2D eigenvalue weighted by atomic mass is 10.1. The van der Waals surface area contributed by atoms with Gasteiger partial charge in [-0.2, -0.15) is 17.0 Å². The zero-order chi connectivity index (χ0) is 13.7. The fraction of sp³-hybridized carbons (Fsp3) is 0.133. The molecule has 19 heavy (non-hydrogen) atoms. The van der Waals surface area contributed by atoms with E-state index in [2.05, 4.69) is 6.07 Å². The summed E-state index contributed by atoms with van der Waals surface area (Å²) in [5, 5.41) is 10.3. The van der Waals surface area contributed by atoms with Crippen LogP contribution < -0.4 is 0 Å². The van der Waals surface area contributed by atoms with Gasteiger partial charge in [0.1, 0.15) is 0 Å². The van der Waals surface area contributed by atoms with Crippen LogP contribution in [0.2, 0.25) is 10.0 Å². The minimum Gasteiger partial charge on any atom is -0.192 e. The Morgan fingerprint density at radius 1 is 1.00 bits per heavy atom. The Morgan fingerprint density at radius 3 is 2.47 bits per heavy atom. The molecule has 0 bridgehead atoms. The number of rotatable bonds is 4. The zero-order valence-corrected chi connectivity index (χ0v) is 12.4. The molecule has 0 spiro atoms. The highest BCUT2D eigenvalue weighted by molar-refractivity contribution is 7.97. The molecule has 0 saturated heterocycles. The molecule has 0 saturated carbocycles. The van der Waals surface area contributed by atoms with Crippen molar-refractivity contribution in [2.45, 2.75) is 11.5 Å². The number of nitriles is 1. The van der Waals surface area contributed by atoms with Crippen LogP contribution in [-0.2, 0) is 11.5 Å². The first kappa shape index (κ1) is 14.3. The molecule has 0 aliphatic heterocycles. The first-order valence-corrected chi connectivity index (χ1v) is 7.61. The van der Waals surface area contributed by atoms with E-state index in [4.69, 9.17) is 28.5 Å². The van der Waals surface area contributed by atoms with Gasteiger partial charge in [-0.1, -0.05) is 47.5 Å². The highest BCUT2D eigenvalue weighted by Crippen LogP contribution is 2.26. The predicted octanol–water partition coefficient (Wildman–Crippen LogP) is 5.30. The fourth-order valence-electron chi connectivity index (χ4n) is 1.66. The Labute approximate surface area is 127 Å². The van der Waals surface area contributed by atoms with Crippen molar-refractivity contribution in [2.24, 2.45) is 0 Å². The molecular weight excluding hydrogens is 297 g/mol. The van der Waals surface area contributed by atoms with Crippen LogP contribution in [0.3, 0.4) is 0 Å². The molecule has 0 N–H and O–H groups in total. The van der Waals surface area contributed by atoms with Gasteiger partial charge in [0.2, 0.25) is 0 Å². The summed E-state index contributed by atoms with van der Waals surface area (Å²) in [6.07, 6.45) is 0. The van der Waals surface area contributed by atoms with Gasteiger partial charge >= 0.3 is 0 Å². The van der Waals surface area contributed by atoms with E-state index in [0.29, 0.717) is 10.0 Å². The van der Waals surface area contributed by atoms with Crippen molar-refractivity contribution in [3.05, 3.63) is 69.2 Å². The predicted molar refractivity (Wildman–Crippen MR) is 82.6 cm³/mol. The molecule has 0 fully saturated rings. The zero-order valence-electron chi connectivity index (χ0n) is 10.1. The van der Waals surface area contributed by atoms with Crippen LogP contribution in [0.25, 0.3) is 0 Å². The van der Waals surface area contributed by atoms with E-state index in [1.807, 2.05) is 36.4 Å². The van der Waals surface area contributed by atoms with Crippen molar-refractivity contribution in [1.82, 2.24) is 0 Å². The molecule has 0 heterocycles. The second-order valence-electron chi connectivity index (χ2n) is 4.00. The van der Waals surface area contributed by atoms with Crippen molar-refractivity contribution in [1.29, 1.82) is 5.26 Å². The van der Waals surface area contributed by atoms with Gasteiger partial charge in [-0.15, -0.1) is 0 Å². The number of hydrogen-bond donors (Lipinski definition) is 0. The largest absolute Gasteiger partial charge is 0.192 e. The third-order valence-corrected chi connectivity index (χ3v) is 4.29. The van der Waals surface area contributed by atoms with Crippen LogP contribution in [0.5, 0.6) is 0 Å². The van der Waals surface area contributed by atoms with E-state index in [1.165, 1.54) is 0 Å². The number of thioether (sulfide) groups is 1. The van der Waals surface area contributed by atoms with Gasteiger partial charge in [0, 0.05) is 21.6 Å². The van der Waals surface area contributed by atoms with Gasteiger partial charge in [0.15, 0.2) is 0 Å². The smallest absolute Gasteiger partial charge is 0.0994 e. The molecule has 0 radical (unpaired) electrons. The highest BCUT2D eigenvalue weighted by Gasteiger charge is 2.04. The second kappa shape index (κ2) is 6.86. The molecule has 0 unspecified atom stereocenters. The third kappa shape index (κ3) is 3.91. The van der Waals surface area contributed by atoms with Crippen LogP contribution in [0.1, 0.15) is 16.7 Å². The van der Waals surface area contributed by atoms with E-state index in [1.54, 1.807) is 17.8 Å². The maximum absolute atomic E-state index is 9.01. The van der Waals surface area contributed by atoms with Gasteiger partial charge in [-0.3, -0.25) is 0 Å². The molecule has 2 aromatic rings.